The number of nitrogens with one attached hydrogen (secondary N) is 1. The van der Waals surface area contributed by atoms with Crippen LogP contribution in [0, 0.1) is 6.92 Å². The fourth-order valence-corrected chi connectivity index (χ4v) is 4.61. The van der Waals surface area contributed by atoms with E-state index in [1.165, 1.54) is 35.4 Å². The fraction of sp³-hybridized carbons (Fsp3) is 0.217. The van der Waals surface area contributed by atoms with Gasteiger partial charge in [0.2, 0.25) is 0 Å². The van der Waals surface area contributed by atoms with Crippen LogP contribution >= 0.6 is 0 Å². The second kappa shape index (κ2) is 7.17. The zero-order valence-corrected chi connectivity index (χ0v) is 17.9. The SMILES string of the molecule is Cc1ccc2c(C(=O)N3CCc4[nH]cnc4C3c3cc4c(C(F)(F)F)cccn4n3)cnn2c1. The number of pyridine rings is 2. The lowest BCUT2D eigenvalue weighted by atomic mass is 9.98. The number of aryl methyl sites for hydroxylation is 1. The average Bonchev–Trinajstić information content (AvgIpc) is 3.53. The maximum absolute atomic E-state index is 13.7. The Morgan fingerprint density at radius 2 is 2.03 bits per heavy atom. The number of aromatic amines is 1. The van der Waals surface area contributed by atoms with Crippen LogP contribution in [0.3, 0.4) is 0 Å². The first-order valence-corrected chi connectivity index (χ1v) is 10.6. The Balaban J connectivity index is 1.49. The van der Waals surface area contributed by atoms with Crippen LogP contribution < -0.4 is 0 Å². The molecule has 0 radical (unpaired) electrons. The highest BCUT2D eigenvalue weighted by molar-refractivity contribution is 6.01. The summed E-state index contributed by atoms with van der Waals surface area (Å²) < 4.78 is 43.6. The molecule has 0 saturated carbocycles. The van der Waals surface area contributed by atoms with Crippen LogP contribution in [-0.2, 0) is 12.6 Å². The summed E-state index contributed by atoms with van der Waals surface area (Å²) in [6.07, 6.45) is 2.33. The van der Waals surface area contributed by atoms with E-state index in [1.54, 1.807) is 9.42 Å². The van der Waals surface area contributed by atoms with Crippen molar-refractivity contribution in [3.63, 3.8) is 0 Å². The van der Waals surface area contributed by atoms with E-state index in [2.05, 4.69) is 20.2 Å². The number of imidazole rings is 1. The predicted molar refractivity (Wildman–Crippen MR) is 115 cm³/mol. The molecule has 0 fully saturated rings. The lowest BCUT2D eigenvalue weighted by molar-refractivity contribution is -0.136. The predicted octanol–water partition coefficient (Wildman–Crippen LogP) is 3.82. The Hall–Kier alpha value is -4.15. The van der Waals surface area contributed by atoms with E-state index in [9.17, 15) is 18.0 Å². The Bertz CT molecular complexity index is 1560. The zero-order valence-electron chi connectivity index (χ0n) is 17.9. The number of nitrogens with zero attached hydrogens (tertiary/aromatic N) is 6. The summed E-state index contributed by atoms with van der Waals surface area (Å²) in [7, 11) is 0. The molecule has 1 aliphatic rings. The van der Waals surface area contributed by atoms with E-state index in [-0.39, 0.29) is 11.4 Å². The number of fused-ring (bicyclic) bond motifs is 3. The smallest absolute Gasteiger partial charge is 0.348 e. The van der Waals surface area contributed by atoms with Crippen LogP contribution in [-0.4, -0.2) is 46.5 Å². The molecule has 1 atom stereocenters. The summed E-state index contributed by atoms with van der Waals surface area (Å²) in [6.45, 7) is 2.28. The van der Waals surface area contributed by atoms with Crippen LogP contribution in [0.2, 0.25) is 0 Å². The molecule has 6 rings (SSSR count). The summed E-state index contributed by atoms with van der Waals surface area (Å²) in [5.74, 6) is -0.286. The number of amides is 1. The molecule has 5 aromatic heterocycles. The molecule has 34 heavy (non-hydrogen) atoms. The quantitative estimate of drug-likeness (QED) is 0.430. The number of H-pyrrole nitrogens is 1. The van der Waals surface area contributed by atoms with Crippen molar-refractivity contribution >= 4 is 16.9 Å². The van der Waals surface area contributed by atoms with Gasteiger partial charge in [0.1, 0.15) is 6.04 Å². The Morgan fingerprint density at radius 1 is 1.18 bits per heavy atom. The minimum atomic E-state index is -4.53. The molecule has 0 bridgehead atoms. The second-order valence-electron chi connectivity index (χ2n) is 8.33. The van der Waals surface area contributed by atoms with Crippen molar-refractivity contribution in [1.29, 1.82) is 0 Å². The molecule has 5 aromatic rings. The molecule has 0 aromatic carbocycles. The van der Waals surface area contributed by atoms with Crippen LogP contribution in [0.25, 0.3) is 11.0 Å². The summed E-state index contributed by atoms with van der Waals surface area (Å²) >= 11 is 0. The molecular formula is C23H18F3N7O. The first-order valence-electron chi connectivity index (χ1n) is 10.6. The minimum absolute atomic E-state index is 0.0773. The largest absolute Gasteiger partial charge is 0.418 e. The van der Waals surface area contributed by atoms with Crippen molar-refractivity contribution in [2.45, 2.75) is 25.6 Å². The highest BCUT2D eigenvalue weighted by atomic mass is 19.4. The van der Waals surface area contributed by atoms with Gasteiger partial charge in [-0.1, -0.05) is 6.07 Å². The minimum Gasteiger partial charge on any atom is -0.348 e. The first kappa shape index (κ1) is 20.5. The van der Waals surface area contributed by atoms with Gasteiger partial charge in [-0.15, -0.1) is 0 Å². The summed E-state index contributed by atoms with van der Waals surface area (Å²) in [6, 6.07) is 6.69. The normalized spacial score (nSPS) is 16.4. The third-order valence-electron chi connectivity index (χ3n) is 6.19. The fourth-order valence-electron chi connectivity index (χ4n) is 4.61. The molecule has 0 spiro atoms. The Morgan fingerprint density at radius 3 is 2.85 bits per heavy atom. The lowest BCUT2D eigenvalue weighted by Gasteiger charge is -2.33. The molecule has 1 unspecified atom stereocenters. The van der Waals surface area contributed by atoms with Crippen molar-refractivity contribution in [1.82, 2.24) is 34.1 Å². The van der Waals surface area contributed by atoms with Gasteiger partial charge in [0.25, 0.3) is 5.91 Å². The highest BCUT2D eigenvalue weighted by Crippen LogP contribution is 2.37. The molecular weight excluding hydrogens is 447 g/mol. The molecule has 172 valence electrons. The van der Waals surface area contributed by atoms with Gasteiger partial charge in [0.05, 0.1) is 46.1 Å². The van der Waals surface area contributed by atoms with Gasteiger partial charge >= 0.3 is 6.18 Å². The van der Waals surface area contributed by atoms with Crippen molar-refractivity contribution in [2.24, 2.45) is 0 Å². The molecule has 1 aliphatic heterocycles. The third kappa shape index (κ3) is 3.07. The van der Waals surface area contributed by atoms with Gasteiger partial charge in [-0.05, 0) is 36.8 Å². The van der Waals surface area contributed by atoms with Gasteiger partial charge in [-0.25, -0.2) is 14.0 Å². The van der Waals surface area contributed by atoms with E-state index in [0.29, 0.717) is 35.4 Å². The van der Waals surface area contributed by atoms with Crippen LogP contribution in [0.4, 0.5) is 13.2 Å². The second-order valence-corrected chi connectivity index (χ2v) is 8.33. The van der Waals surface area contributed by atoms with Crippen LogP contribution in [0.5, 0.6) is 0 Å². The summed E-state index contributed by atoms with van der Waals surface area (Å²) in [5, 5.41) is 8.73. The van der Waals surface area contributed by atoms with E-state index in [0.717, 1.165) is 17.3 Å². The van der Waals surface area contributed by atoms with E-state index >= 15 is 0 Å². The number of hydrogen-bond acceptors (Lipinski definition) is 4. The first-order chi connectivity index (χ1) is 16.3. The van der Waals surface area contributed by atoms with Crippen molar-refractivity contribution in [3.8, 4) is 0 Å². The van der Waals surface area contributed by atoms with E-state index in [4.69, 9.17) is 0 Å². The average molecular weight is 465 g/mol. The highest BCUT2D eigenvalue weighted by Gasteiger charge is 2.38. The summed E-state index contributed by atoms with van der Waals surface area (Å²) in [4.78, 5) is 22.8. The molecule has 6 heterocycles. The van der Waals surface area contributed by atoms with Gasteiger partial charge < -0.3 is 9.88 Å². The summed E-state index contributed by atoms with van der Waals surface area (Å²) in [5.41, 5.74) is 2.90. The molecule has 11 heteroatoms. The van der Waals surface area contributed by atoms with E-state index < -0.39 is 17.8 Å². The monoisotopic (exact) mass is 465 g/mol. The number of rotatable bonds is 2. The maximum Gasteiger partial charge on any atom is 0.418 e. The molecule has 0 saturated heterocycles. The zero-order chi connectivity index (χ0) is 23.6. The van der Waals surface area contributed by atoms with Gasteiger partial charge in [-0.2, -0.15) is 23.4 Å². The topological polar surface area (TPSA) is 83.6 Å². The Labute approximate surface area is 190 Å². The number of hydrogen-bond donors (Lipinski definition) is 1. The standard InChI is InChI=1S/C23H18F3N7O/c1-13-4-5-18-14(10-29-33(18)11-13)22(34)31-8-6-16-20(28-12-27-16)21(31)17-9-19-15(23(24,25)26)3-2-7-32(19)30-17/h2-5,7,9-12,21H,6,8H2,1H3,(H,27,28). The number of halogens is 3. The van der Waals surface area contributed by atoms with Gasteiger partial charge in [0.15, 0.2) is 0 Å². The number of carbonyl (C=O) groups excluding carboxylic acids is 1. The lowest BCUT2D eigenvalue weighted by Crippen LogP contribution is -2.41. The van der Waals surface area contributed by atoms with Crippen molar-refractivity contribution < 1.29 is 18.0 Å². The Kier molecular flexibility index (Phi) is 4.32. The third-order valence-corrected chi connectivity index (χ3v) is 6.19. The van der Waals surface area contributed by atoms with Gasteiger partial charge in [-0.3, -0.25) is 4.79 Å². The number of carbonyl (C=O) groups is 1. The van der Waals surface area contributed by atoms with Crippen LogP contribution in [0.15, 0.2) is 55.2 Å². The van der Waals surface area contributed by atoms with Crippen molar-refractivity contribution in [2.75, 3.05) is 6.54 Å². The molecule has 1 amide bonds. The molecule has 0 aliphatic carbocycles. The number of alkyl halides is 3. The van der Waals surface area contributed by atoms with E-state index in [1.807, 2.05) is 25.3 Å². The van der Waals surface area contributed by atoms with Crippen LogP contribution in [0.1, 0.15) is 44.6 Å². The number of aromatic nitrogens is 6. The van der Waals surface area contributed by atoms with Gasteiger partial charge in [0, 0.05) is 31.1 Å². The molecule has 8 nitrogen and oxygen atoms in total. The molecule has 1 N–H and O–H groups in total. The van der Waals surface area contributed by atoms with Crippen molar-refractivity contribution in [3.05, 3.63) is 89.0 Å². The maximum atomic E-state index is 13.7.